The van der Waals surface area contributed by atoms with Gasteiger partial charge in [0.25, 0.3) is 0 Å². The summed E-state index contributed by atoms with van der Waals surface area (Å²) in [6, 6.07) is 0.250. The maximum Gasteiger partial charge on any atom is 0.310 e. The maximum atomic E-state index is 12.5. The summed E-state index contributed by atoms with van der Waals surface area (Å²) in [5.74, 6) is -0.883. The largest absolute Gasteiger partial charge is 0.481 e. The molecule has 0 atom stereocenters. The maximum absolute atomic E-state index is 12.5. The van der Waals surface area contributed by atoms with Gasteiger partial charge in [-0.15, -0.1) is 0 Å². The summed E-state index contributed by atoms with van der Waals surface area (Å²) in [4.78, 5) is 28.2. The lowest BCUT2D eigenvalue weighted by molar-refractivity contribution is -0.154. The molecule has 1 amide bonds. The Labute approximate surface area is 128 Å². The highest BCUT2D eigenvalue weighted by atomic mass is 16.4. The van der Waals surface area contributed by atoms with Crippen molar-refractivity contribution in [2.24, 2.45) is 5.41 Å². The fourth-order valence-corrected chi connectivity index (χ4v) is 3.12. The zero-order chi connectivity index (χ0) is 16.0. The Morgan fingerprint density at radius 3 is 2.10 bits per heavy atom. The minimum absolute atomic E-state index is 0.0314. The summed E-state index contributed by atoms with van der Waals surface area (Å²) >= 11 is 0. The number of amides is 1. The van der Waals surface area contributed by atoms with Crippen LogP contribution in [0.25, 0.3) is 0 Å². The van der Waals surface area contributed by atoms with E-state index in [0.717, 1.165) is 32.5 Å². The summed E-state index contributed by atoms with van der Waals surface area (Å²) in [5, 5.41) is 9.45. The lowest BCUT2D eigenvalue weighted by atomic mass is 9.78. The average molecular weight is 298 g/mol. The van der Waals surface area contributed by atoms with Gasteiger partial charge in [-0.25, -0.2) is 0 Å². The minimum Gasteiger partial charge on any atom is -0.481 e. The van der Waals surface area contributed by atoms with E-state index < -0.39 is 11.4 Å². The van der Waals surface area contributed by atoms with Crippen LogP contribution >= 0.6 is 0 Å². The van der Waals surface area contributed by atoms with E-state index in [4.69, 9.17) is 0 Å². The van der Waals surface area contributed by atoms with Crippen LogP contribution in [0.5, 0.6) is 0 Å². The normalized spacial score (nSPS) is 17.7. The second-order valence-electron chi connectivity index (χ2n) is 6.14. The van der Waals surface area contributed by atoms with Crippen molar-refractivity contribution in [2.75, 3.05) is 26.7 Å². The molecule has 1 rings (SSSR count). The molecule has 0 aromatic carbocycles. The fourth-order valence-electron chi connectivity index (χ4n) is 3.12. The van der Waals surface area contributed by atoms with Crippen LogP contribution in [0.4, 0.5) is 0 Å². The van der Waals surface area contributed by atoms with Crippen LogP contribution in [0.1, 0.15) is 52.9 Å². The molecule has 5 nitrogen and oxygen atoms in total. The van der Waals surface area contributed by atoms with Crippen molar-refractivity contribution >= 4 is 11.9 Å². The van der Waals surface area contributed by atoms with Crippen LogP contribution in [0.3, 0.4) is 0 Å². The van der Waals surface area contributed by atoms with Crippen LogP contribution in [0.2, 0.25) is 0 Å². The molecule has 122 valence electrons. The van der Waals surface area contributed by atoms with E-state index in [1.807, 2.05) is 20.9 Å². The predicted octanol–water partition coefficient (Wildman–Crippen LogP) is 2.21. The van der Waals surface area contributed by atoms with Crippen LogP contribution in [0, 0.1) is 5.41 Å². The first kappa shape index (κ1) is 18.0. The molecular formula is C16H30N2O3. The lowest BCUT2D eigenvalue weighted by Crippen LogP contribution is -2.47. The van der Waals surface area contributed by atoms with E-state index in [1.165, 1.54) is 0 Å². The number of aliphatic carboxylic acids is 1. The molecule has 1 aliphatic heterocycles. The van der Waals surface area contributed by atoms with Crippen molar-refractivity contribution in [3.63, 3.8) is 0 Å². The first-order valence-electron chi connectivity index (χ1n) is 8.11. The van der Waals surface area contributed by atoms with Gasteiger partial charge in [-0.3, -0.25) is 9.59 Å². The average Bonchev–Trinajstić information content (AvgIpc) is 2.51. The molecule has 21 heavy (non-hydrogen) atoms. The van der Waals surface area contributed by atoms with Gasteiger partial charge >= 0.3 is 5.97 Å². The first-order chi connectivity index (χ1) is 9.90. The number of hydrogen-bond donors (Lipinski definition) is 1. The molecule has 0 bridgehead atoms. The van der Waals surface area contributed by atoms with Crippen molar-refractivity contribution in [3.05, 3.63) is 0 Å². The Bertz CT molecular complexity index is 359. The third-order valence-corrected chi connectivity index (χ3v) is 5.24. The van der Waals surface area contributed by atoms with E-state index in [-0.39, 0.29) is 18.4 Å². The molecule has 1 saturated heterocycles. The Hall–Kier alpha value is -1.10. The van der Waals surface area contributed by atoms with Crippen molar-refractivity contribution in [3.8, 4) is 0 Å². The zero-order valence-electron chi connectivity index (χ0n) is 13.9. The topological polar surface area (TPSA) is 60.9 Å². The third-order valence-electron chi connectivity index (χ3n) is 5.24. The number of nitrogens with zero attached hydrogens (tertiary/aromatic N) is 2. The molecule has 1 fully saturated rings. The Kier molecular flexibility index (Phi) is 6.65. The molecule has 1 N–H and O–H groups in total. The van der Waals surface area contributed by atoms with Gasteiger partial charge in [0.2, 0.25) is 5.91 Å². The van der Waals surface area contributed by atoms with Gasteiger partial charge in [-0.2, -0.15) is 0 Å². The van der Waals surface area contributed by atoms with E-state index >= 15 is 0 Å². The molecule has 0 aliphatic carbocycles. The second-order valence-corrected chi connectivity index (χ2v) is 6.14. The molecule has 0 aromatic rings. The molecule has 1 aliphatic rings. The number of carboxylic acids is 1. The van der Waals surface area contributed by atoms with E-state index in [1.54, 1.807) is 4.90 Å². The van der Waals surface area contributed by atoms with Crippen molar-refractivity contribution in [2.45, 2.75) is 58.9 Å². The highest BCUT2D eigenvalue weighted by molar-refractivity contribution is 5.85. The number of rotatable bonds is 7. The molecule has 0 saturated carbocycles. The Morgan fingerprint density at radius 2 is 1.71 bits per heavy atom. The Balaban J connectivity index is 2.64. The van der Waals surface area contributed by atoms with Gasteiger partial charge in [0, 0.05) is 32.6 Å². The Morgan fingerprint density at radius 1 is 1.19 bits per heavy atom. The molecule has 5 heteroatoms. The summed E-state index contributed by atoms with van der Waals surface area (Å²) < 4.78 is 0. The quantitative estimate of drug-likeness (QED) is 0.783. The van der Waals surface area contributed by atoms with Crippen molar-refractivity contribution in [1.82, 2.24) is 9.80 Å². The van der Waals surface area contributed by atoms with Gasteiger partial charge in [-0.05, 0) is 32.2 Å². The van der Waals surface area contributed by atoms with Crippen LogP contribution in [-0.2, 0) is 9.59 Å². The molecule has 1 heterocycles. The van der Waals surface area contributed by atoms with E-state index in [2.05, 4.69) is 11.8 Å². The molecule has 0 radical (unpaired) electrons. The summed E-state index contributed by atoms with van der Waals surface area (Å²) in [7, 11) is 1.83. The number of hydrogen-bond acceptors (Lipinski definition) is 3. The highest BCUT2D eigenvalue weighted by Gasteiger charge is 2.39. The molecule has 0 spiro atoms. The van der Waals surface area contributed by atoms with Gasteiger partial charge < -0.3 is 14.9 Å². The van der Waals surface area contributed by atoms with E-state index in [0.29, 0.717) is 12.8 Å². The number of carbonyl (C=O) groups is 2. The number of likely N-dealkylation sites (tertiary alicyclic amines) is 1. The third kappa shape index (κ3) is 4.19. The first-order valence-corrected chi connectivity index (χ1v) is 8.11. The smallest absolute Gasteiger partial charge is 0.310 e. The SMILES string of the molecule is CCN1CCC(N(C)C(=O)CC(CC)(CC)C(=O)O)CC1. The zero-order valence-corrected chi connectivity index (χ0v) is 13.9. The summed E-state index contributed by atoms with van der Waals surface area (Å²) in [6.45, 7) is 8.95. The second kappa shape index (κ2) is 7.78. The van der Waals surface area contributed by atoms with Gasteiger partial charge in [-0.1, -0.05) is 20.8 Å². The molecular weight excluding hydrogens is 268 g/mol. The predicted molar refractivity (Wildman–Crippen MR) is 83.2 cm³/mol. The van der Waals surface area contributed by atoms with Crippen molar-refractivity contribution in [1.29, 1.82) is 0 Å². The highest BCUT2D eigenvalue weighted by Crippen LogP contribution is 2.32. The van der Waals surface area contributed by atoms with Crippen LogP contribution in [-0.4, -0.2) is 59.5 Å². The molecule has 0 unspecified atom stereocenters. The number of carbonyl (C=O) groups excluding carboxylic acids is 1. The lowest BCUT2D eigenvalue weighted by Gasteiger charge is -2.37. The fraction of sp³-hybridized carbons (Fsp3) is 0.875. The molecule has 0 aromatic heterocycles. The van der Waals surface area contributed by atoms with Crippen LogP contribution < -0.4 is 0 Å². The number of piperidine rings is 1. The standard InChI is InChI=1S/C16H30N2O3/c1-5-16(6-2,15(20)21)12-14(19)17(4)13-8-10-18(7-3)11-9-13/h13H,5-12H2,1-4H3,(H,20,21). The van der Waals surface area contributed by atoms with Gasteiger partial charge in [0.05, 0.1) is 5.41 Å². The van der Waals surface area contributed by atoms with E-state index in [9.17, 15) is 14.7 Å². The minimum atomic E-state index is -0.907. The van der Waals surface area contributed by atoms with Crippen molar-refractivity contribution < 1.29 is 14.7 Å². The van der Waals surface area contributed by atoms with Gasteiger partial charge in [0.15, 0.2) is 0 Å². The van der Waals surface area contributed by atoms with Gasteiger partial charge in [0.1, 0.15) is 0 Å². The monoisotopic (exact) mass is 298 g/mol. The summed E-state index contributed by atoms with van der Waals surface area (Å²) in [6.07, 6.45) is 3.06. The number of carboxylic acid groups (broad SMARTS) is 1. The van der Waals surface area contributed by atoms with Crippen LogP contribution in [0.15, 0.2) is 0 Å². The summed E-state index contributed by atoms with van der Waals surface area (Å²) in [5.41, 5.74) is -0.907.